The van der Waals surface area contributed by atoms with Gasteiger partial charge in [-0.05, 0) is 58.0 Å². The van der Waals surface area contributed by atoms with Crippen molar-refractivity contribution in [1.29, 1.82) is 0 Å². The number of anilines is 1. The van der Waals surface area contributed by atoms with E-state index in [4.69, 9.17) is 0 Å². The van der Waals surface area contributed by atoms with Crippen LogP contribution in [-0.2, 0) is 10.0 Å². The Balaban J connectivity index is 1.88. The van der Waals surface area contributed by atoms with Crippen LogP contribution in [0.5, 0.6) is 0 Å². The van der Waals surface area contributed by atoms with Gasteiger partial charge >= 0.3 is 0 Å². The molecule has 0 unspecified atom stereocenters. The second kappa shape index (κ2) is 7.77. The summed E-state index contributed by atoms with van der Waals surface area (Å²) in [6.45, 7) is 6.40. The molecular formula is C15H25N3O2S. The lowest BCUT2D eigenvalue weighted by Crippen LogP contribution is -2.29. The summed E-state index contributed by atoms with van der Waals surface area (Å²) in [4.78, 5) is 2.72. The predicted octanol–water partition coefficient (Wildman–Crippen LogP) is 1.88. The number of likely N-dealkylation sites (tertiary alicyclic amines) is 1. The molecule has 1 aromatic rings. The lowest BCUT2D eigenvalue weighted by molar-refractivity contribution is 0.334. The molecule has 0 amide bonds. The fourth-order valence-corrected chi connectivity index (χ4v) is 3.89. The molecule has 0 aliphatic carbocycles. The van der Waals surface area contributed by atoms with Crippen LogP contribution in [0.1, 0.15) is 26.2 Å². The molecule has 1 heterocycles. The van der Waals surface area contributed by atoms with Gasteiger partial charge in [-0.2, -0.15) is 0 Å². The van der Waals surface area contributed by atoms with E-state index in [2.05, 4.69) is 14.9 Å². The smallest absolute Gasteiger partial charge is 0.242 e. The largest absolute Gasteiger partial charge is 0.384 e. The van der Waals surface area contributed by atoms with Gasteiger partial charge in [0.25, 0.3) is 0 Å². The first-order valence-corrected chi connectivity index (χ1v) is 9.16. The number of nitrogens with zero attached hydrogens (tertiary/aromatic N) is 1. The number of hydrogen-bond acceptors (Lipinski definition) is 4. The molecule has 21 heavy (non-hydrogen) atoms. The molecule has 1 saturated heterocycles. The van der Waals surface area contributed by atoms with Gasteiger partial charge in [-0.3, -0.25) is 0 Å². The Bertz CT molecular complexity index is 540. The topological polar surface area (TPSA) is 61.4 Å². The summed E-state index contributed by atoms with van der Waals surface area (Å²) in [6.07, 6.45) is 3.38. The molecule has 0 spiro atoms. The van der Waals surface area contributed by atoms with Gasteiger partial charge in [-0.15, -0.1) is 0 Å². The number of para-hydroxylation sites is 1. The number of nitrogens with one attached hydrogen (secondary N) is 2. The van der Waals surface area contributed by atoms with Gasteiger partial charge in [0, 0.05) is 13.1 Å². The lowest BCUT2D eigenvalue weighted by atomic mass is 10.3. The predicted molar refractivity (Wildman–Crippen MR) is 86.1 cm³/mol. The van der Waals surface area contributed by atoms with Gasteiger partial charge in [0.2, 0.25) is 10.0 Å². The Morgan fingerprint density at radius 3 is 2.62 bits per heavy atom. The molecule has 118 valence electrons. The van der Waals surface area contributed by atoms with Crippen LogP contribution in [0, 0.1) is 0 Å². The van der Waals surface area contributed by atoms with Crippen molar-refractivity contribution in [2.75, 3.05) is 38.0 Å². The number of hydrogen-bond donors (Lipinski definition) is 2. The average molecular weight is 311 g/mol. The van der Waals surface area contributed by atoms with Gasteiger partial charge in [0.05, 0.1) is 5.69 Å². The molecule has 0 atom stereocenters. The zero-order valence-electron chi connectivity index (χ0n) is 12.6. The van der Waals surface area contributed by atoms with E-state index < -0.39 is 10.0 Å². The Morgan fingerprint density at radius 2 is 1.90 bits per heavy atom. The van der Waals surface area contributed by atoms with Crippen molar-refractivity contribution in [2.45, 2.75) is 31.1 Å². The maximum absolute atomic E-state index is 12.4. The first-order chi connectivity index (χ1) is 10.1. The van der Waals surface area contributed by atoms with E-state index in [1.54, 1.807) is 18.2 Å². The maximum Gasteiger partial charge on any atom is 0.242 e. The molecule has 0 aromatic heterocycles. The normalized spacial score (nSPS) is 16.2. The summed E-state index contributed by atoms with van der Waals surface area (Å²) in [5, 5.41) is 3.09. The quantitative estimate of drug-likeness (QED) is 0.720. The molecule has 1 aromatic carbocycles. The summed E-state index contributed by atoms with van der Waals surface area (Å²) in [6, 6.07) is 7.02. The Hall–Kier alpha value is -1.11. The van der Waals surface area contributed by atoms with Crippen LogP contribution >= 0.6 is 0 Å². The van der Waals surface area contributed by atoms with E-state index in [1.807, 2.05) is 13.0 Å². The minimum atomic E-state index is -3.44. The van der Waals surface area contributed by atoms with Crippen molar-refractivity contribution >= 4 is 15.7 Å². The molecule has 0 radical (unpaired) electrons. The van der Waals surface area contributed by atoms with Gasteiger partial charge in [-0.1, -0.05) is 12.1 Å². The number of rotatable bonds is 8. The third-order valence-electron chi connectivity index (χ3n) is 3.69. The Labute approximate surface area is 127 Å². The summed E-state index contributed by atoms with van der Waals surface area (Å²) < 4.78 is 27.4. The first-order valence-electron chi connectivity index (χ1n) is 7.68. The molecule has 6 heteroatoms. The second-order valence-corrected chi connectivity index (χ2v) is 7.06. The van der Waals surface area contributed by atoms with Gasteiger partial charge in [0.1, 0.15) is 4.90 Å². The Kier molecular flexibility index (Phi) is 6.02. The zero-order chi connectivity index (χ0) is 15.1. The van der Waals surface area contributed by atoms with E-state index in [0.717, 1.165) is 26.1 Å². The van der Waals surface area contributed by atoms with Crippen molar-refractivity contribution in [2.24, 2.45) is 0 Å². The second-order valence-electron chi connectivity index (χ2n) is 5.33. The molecule has 1 aliphatic heterocycles. The van der Waals surface area contributed by atoms with Crippen molar-refractivity contribution in [3.8, 4) is 0 Å². The zero-order valence-corrected chi connectivity index (χ0v) is 13.5. The SMILES string of the molecule is CCNc1ccccc1S(=O)(=O)NCCCN1CCCC1. The molecule has 0 saturated carbocycles. The van der Waals surface area contributed by atoms with E-state index in [1.165, 1.54) is 12.8 Å². The fourth-order valence-electron chi connectivity index (χ4n) is 2.63. The van der Waals surface area contributed by atoms with Crippen LogP contribution in [0.15, 0.2) is 29.2 Å². The minimum Gasteiger partial charge on any atom is -0.384 e. The molecule has 1 fully saturated rings. The highest BCUT2D eigenvalue weighted by atomic mass is 32.2. The van der Waals surface area contributed by atoms with Crippen molar-refractivity contribution in [3.05, 3.63) is 24.3 Å². The highest BCUT2D eigenvalue weighted by Gasteiger charge is 2.17. The van der Waals surface area contributed by atoms with E-state index in [0.29, 0.717) is 23.7 Å². The summed E-state index contributed by atoms with van der Waals surface area (Å²) in [7, 11) is -3.44. The van der Waals surface area contributed by atoms with Gasteiger partial charge in [-0.25, -0.2) is 13.1 Å². The van der Waals surface area contributed by atoms with Crippen LogP contribution in [0.3, 0.4) is 0 Å². The van der Waals surface area contributed by atoms with Crippen molar-refractivity contribution in [3.63, 3.8) is 0 Å². The maximum atomic E-state index is 12.4. The van der Waals surface area contributed by atoms with E-state index in [-0.39, 0.29) is 0 Å². The third kappa shape index (κ3) is 4.69. The summed E-state index contributed by atoms with van der Waals surface area (Å²) in [5.74, 6) is 0. The van der Waals surface area contributed by atoms with Gasteiger partial charge < -0.3 is 10.2 Å². The van der Waals surface area contributed by atoms with Crippen molar-refractivity contribution < 1.29 is 8.42 Å². The highest BCUT2D eigenvalue weighted by Crippen LogP contribution is 2.20. The molecule has 2 rings (SSSR count). The third-order valence-corrected chi connectivity index (χ3v) is 5.20. The van der Waals surface area contributed by atoms with Gasteiger partial charge in [0.15, 0.2) is 0 Å². The van der Waals surface area contributed by atoms with Crippen LogP contribution in [0.25, 0.3) is 0 Å². The highest BCUT2D eigenvalue weighted by molar-refractivity contribution is 7.89. The van der Waals surface area contributed by atoms with Crippen LogP contribution < -0.4 is 10.0 Å². The van der Waals surface area contributed by atoms with Crippen LogP contribution in [0.2, 0.25) is 0 Å². The number of sulfonamides is 1. The average Bonchev–Trinajstić information content (AvgIpc) is 2.98. The summed E-state index contributed by atoms with van der Waals surface area (Å²) >= 11 is 0. The number of benzene rings is 1. The molecular weight excluding hydrogens is 286 g/mol. The van der Waals surface area contributed by atoms with E-state index >= 15 is 0 Å². The Morgan fingerprint density at radius 1 is 1.19 bits per heavy atom. The van der Waals surface area contributed by atoms with E-state index in [9.17, 15) is 8.42 Å². The van der Waals surface area contributed by atoms with Crippen molar-refractivity contribution in [1.82, 2.24) is 9.62 Å². The standard InChI is InChI=1S/C15H25N3O2S/c1-2-16-14-8-3-4-9-15(14)21(19,20)17-10-7-13-18-11-5-6-12-18/h3-4,8-9,16-17H,2,5-7,10-13H2,1H3. The fraction of sp³-hybridized carbons (Fsp3) is 0.600. The summed E-state index contributed by atoms with van der Waals surface area (Å²) in [5.41, 5.74) is 0.659. The first kappa shape index (κ1) is 16.3. The molecule has 5 nitrogen and oxygen atoms in total. The van der Waals surface area contributed by atoms with Crippen LogP contribution in [-0.4, -0.2) is 46.0 Å². The molecule has 1 aliphatic rings. The van der Waals surface area contributed by atoms with Crippen LogP contribution in [0.4, 0.5) is 5.69 Å². The molecule has 2 N–H and O–H groups in total. The monoisotopic (exact) mass is 311 g/mol. The lowest BCUT2D eigenvalue weighted by Gasteiger charge is -2.15. The minimum absolute atomic E-state index is 0.327. The molecule has 0 bridgehead atoms.